The molecular weight excluding hydrogens is 206 g/mol. The van der Waals surface area contributed by atoms with Gasteiger partial charge in [0.05, 0.1) is 6.04 Å². The van der Waals surface area contributed by atoms with Gasteiger partial charge in [0, 0.05) is 39.3 Å². The predicted octanol–water partition coefficient (Wildman–Crippen LogP) is -1.22. The summed E-state index contributed by atoms with van der Waals surface area (Å²) in [4.78, 5) is 14.1. The quantitative estimate of drug-likeness (QED) is 0.553. The second kappa shape index (κ2) is 5.61. The van der Waals surface area contributed by atoms with Crippen molar-refractivity contribution >= 4 is 5.91 Å². The summed E-state index contributed by atoms with van der Waals surface area (Å²) in [6, 6.07) is -0.0776. The van der Waals surface area contributed by atoms with Crippen LogP contribution in [0.4, 0.5) is 0 Å². The SMILES string of the molecule is O=C(C1CNCCN1)N1CCCC(CO)C1. The first-order chi connectivity index (χ1) is 7.81. The minimum absolute atomic E-state index is 0.0776. The molecule has 3 N–H and O–H groups in total. The summed E-state index contributed by atoms with van der Waals surface area (Å²) in [6.07, 6.45) is 2.05. The highest BCUT2D eigenvalue weighted by atomic mass is 16.3. The van der Waals surface area contributed by atoms with Gasteiger partial charge < -0.3 is 20.6 Å². The lowest BCUT2D eigenvalue weighted by atomic mass is 9.98. The van der Waals surface area contributed by atoms with Gasteiger partial charge in [-0.1, -0.05) is 0 Å². The van der Waals surface area contributed by atoms with Crippen LogP contribution in [0, 0.1) is 5.92 Å². The van der Waals surface area contributed by atoms with Gasteiger partial charge in [-0.3, -0.25) is 4.79 Å². The van der Waals surface area contributed by atoms with Gasteiger partial charge in [0.2, 0.25) is 5.91 Å². The van der Waals surface area contributed by atoms with Crippen molar-refractivity contribution in [2.45, 2.75) is 18.9 Å². The number of aliphatic hydroxyl groups is 1. The molecule has 0 spiro atoms. The number of piperazine rings is 1. The van der Waals surface area contributed by atoms with Crippen molar-refractivity contribution < 1.29 is 9.90 Å². The number of carbonyl (C=O) groups is 1. The van der Waals surface area contributed by atoms with Crippen LogP contribution in [-0.2, 0) is 4.79 Å². The number of amides is 1. The Labute approximate surface area is 96.2 Å². The Bertz CT molecular complexity index is 241. The molecule has 2 atom stereocenters. The molecule has 0 aromatic heterocycles. The summed E-state index contributed by atoms with van der Waals surface area (Å²) in [5, 5.41) is 15.6. The van der Waals surface area contributed by atoms with Gasteiger partial charge in [0.25, 0.3) is 0 Å². The van der Waals surface area contributed by atoms with Gasteiger partial charge >= 0.3 is 0 Å². The minimum Gasteiger partial charge on any atom is -0.396 e. The Hall–Kier alpha value is -0.650. The van der Waals surface area contributed by atoms with Crippen molar-refractivity contribution in [1.82, 2.24) is 15.5 Å². The van der Waals surface area contributed by atoms with Crippen LogP contribution in [0.15, 0.2) is 0 Å². The lowest BCUT2D eigenvalue weighted by molar-refractivity contribution is -0.135. The molecule has 5 heteroatoms. The van der Waals surface area contributed by atoms with Crippen molar-refractivity contribution in [3.8, 4) is 0 Å². The van der Waals surface area contributed by atoms with E-state index in [1.807, 2.05) is 4.90 Å². The van der Waals surface area contributed by atoms with Crippen molar-refractivity contribution in [3.63, 3.8) is 0 Å². The number of aliphatic hydroxyl groups excluding tert-OH is 1. The highest BCUT2D eigenvalue weighted by Gasteiger charge is 2.29. The summed E-state index contributed by atoms with van der Waals surface area (Å²) >= 11 is 0. The van der Waals surface area contributed by atoms with Crippen LogP contribution in [0.25, 0.3) is 0 Å². The molecular formula is C11H21N3O2. The van der Waals surface area contributed by atoms with E-state index in [1.165, 1.54) is 0 Å². The number of carbonyl (C=O) groups excluding carboxylic acids is 1. The fraction of sp³-hybridized carbons (Fsp3) is 0.909. The van der Waals surface area contributed by atoms with E-state index in [4.69, 9.17) is 5.11 Å². The number of hydrogen-bond donors (Lipinski definition) is 3. The number of rotatable bonds is 2. The topological polar surface area (TPSA) is 64.6 Å². The van der Waals surface area contributed by atoms with E-state index in [0.29, 0.717) is 6.54 Å². The average molecular weight is 227 g/mol. The normalized spacial score (nSPS) is 31.4. The summed E-state index contributed by atoms with van der Waals surface area (Å²) in [5.41, 5.74) is 0. The third kappa shape index (κ3) is 2.72. The average Bonchev–Trinajstić information content (AvgIpc) is 2.39. The Kier molecular flexibility index (Phi) is 4.15. The molecule has 5 nitrogen and oxygen atoms in total. The Morgan fingerprint density at radius 1 is 1.44 bits per heavy atom. The van der Waals surface area contributed by atoms with E-state index < -0.39 is 0 Å². The van der Waals surface area contributed by atoms with Crippen LogP contribution in [0.1, 0.15) is 12.8 Å². The van der Waals surface area contributed by atoms with E-state index in [-0.39, 0.29) is 24.5 Å². The summed E-state index contributed by atoms with van der Waals surface area (Å²) < 4.78 is 0. The van der Waals surface area contributed by atoms with Crippen molar-refractivity contribution in [1.29, 1.82) is 0 Å². The molecule has 0 aromatic rings. The second-order valence-electron chi connectivity index (χ2n) is 4.69. The van der Waals surface area contributed by atoms with E-state index in [2.05, 4.69) is 10.6 Å². The fourth-order valence-corrected chi connectivity index (χ4v) is 2.46. The third-order valence-electron chi connectivity index (χ3n) is 3.43. The predicted molar refractivity (Wildman–Crippen MR) is 61.1 cm³/mol. The molecule has 2 aliphatic heterocycles. The first-order valence-corrected chi connectivity index (χ1v) is 6.15. The summed E-state index contributed by atoms with van der Waals surface area (Å²) in [5.74, 6) is 0.458. The van der Waals surface area contributed by atoms with Crippen LogP contribution in [0.5, 0.6) is 0 Å². The zero-order valence-electron chi connectivity index (χ0n) is 9.61. The standard InChI is InChI=1S/C11H21N3O2/c15-8-9-2-1-5-14(7-9)11(16)10-6-12-3-4-13-10/h9-10,12-13,15H,1-8H2. The lowest BCUT2D eigenvalue weighted by Crippen LogP contribution is -2.58. The molecule has 2 fully saturated rings. The molecule has 92 valence electrons. The maximum atomic E-state index is 12.2. The Morgan fingerprint density at radius 2 is 2.31 bits per heavy atom. The molecule has 2 rings (SSSR count). The molecule has 2 saturated heterocycles. The van der Waals surface area contributed by atoms with Crippen LogP contribution >= 0.6 is 0 Å². The highest BCUT2D eigenvalue weighted by molar-refractivity contribution is 5.82. The van der Waals surface area contributed by atoms with Crippen molar-refractivity contribution in [2.24, 2.45) is 5.92 Å². The molecule has 0 saturated carbocycles. The monoisotopic (exact) mass is 227 g/mol. The second-order valence-corrected chi connectivity index (χ2v) is 4.69. The number of nitrogens with zero attached hydrogens (tertiary/aromatic N) is 1. The molecule has 0 radical (unpaired) electrons. The molecule has 2 aliphatic rings. The van der Waals surface area contributed by atoms with Crippen LogP contribution in [0.3, 0.4) is 0 Å². The molecule has 0 aromatic carbocycles. The highest BCUT2D eigenvalue weighted by Crippen LogP contribution is 2.16. The third-order valence-corrected chi connectivity index (χ3v) is 3.43. The molecule has 2 heterocycles. The van der Waals surface area contributed by atoms with Gasteiger partial charge in [-0.2, -0.15) is 0 Å². The van der Waals surface area contributed by atoms with Gasteiger partial charge in [0.1, 0.15) is 0 Å². The van der Waals surface area contributed by atoms with Gasteiger partial charge in [-0.15, -0.1) is 0 Å². The molecule has 1 amide bonds. The molecule has 0 bridgehead atoms. The molecule has 0 aliphatic carbocycles. The Balaban J connectivity index is 1.87. The van der Waals surface area contributed by atoms with Crippen LogP contribution in [-0.4, -0.2) is 61.3 Å². The van der Waals surface area contributed by atoms with Gasteiger partial charge in [-0.25, -0.2) is 0 Å². The smallest absolute Gasteiger partial charge is 0.241 e. The minimum atomic E-state index is -0.0776. The number of hydrogen-bond acceptors (Lipinski definition) is 4. The maximum Gasteiger partial charge on any atom is 0.241 e. The first-order valence-electron chi connectivity index (χ1n) is 6.15. The lowest BCUT2D eigenvalue weighted by Gasteiger charge is -2.35. The van der Waals surface area contributed by atoms with Crippen molar-refractivity contribution in [2.75, 3.05) is 39.3 Å². The zero-order valence-corrected chi connectivity index (χ0v) is 9.61. The summed E-state index contributed by atoms with van der Waals surface area (Å²) in [7, 11) is 0. The van der Waals surface area contributed by atoms with E-state index in [0.717, 1.165) is 39.0 Å². The first kappa shape index (κ1) is 11.8. The van der Waals surface area contributed by atoms with Crippen LogP contribution < -0.4 is 10.6 Å². The molecule has 2 unspecified atom stereocenters. The van der Waals surface area contributed by atoms with Crippen LogP contribution in [0.2, 0.25) is 0 Å². The number of likely N-dealkylation sites (tertiary alicyclic amines) is 1. The van der Waals surface area contributed by atoms with E-state index >= 15 is 0 Å². The molecule has 16 heavy (non-hydrogen) atoms. The van der Waals surface area contributed by atoms with Crippen molar-refractivity contribution in [3.05, 3.63) is 0 Å². The zero-order chi connectivity index (χ0) is 11.4. The largest absolute Gasteiger partial charge is 0.396 e. The fourth-order valence-electron chi connectivity index (χ4n) is 2.46. The summed E-state index contributed by atoms with van der Waals surface area (Å²) in [6.45, 7) is 4.26. The van der Waals surface area contributed by atoms with E-state index in [1.54, 1.807) is 0 Å². The maximum absolute atomic E-state index is 12.2. The number of piperidine rings is 1. The van der Waals surface area contributed by atoms with Gasteiger partial charge in [0.15, 0.2) is 0 Å². The van der Waals surface area contributed by atoms with E-state index in [9.17, 15) is 4.79 Å². The van der Waals surface area contributed by atoms with Gasteiger partial charge in [-0.05, 0) is 18.8 Å². The number of nitrogens with one attached hydrogen (secondary N) is 2. The Morgan fingerprint density at radius 3 is 3.00 bits per heavy atom.